The molecule has 0 aliphatic carbocycles. The van der Waals surface area contributed by atoms with Crippen molar-refractivity contribution in [1.29, 1.82) is 0 Å². The van der Waals surface area contributed by atoms with E-state index in [0.29, 0.717) is 43.7 Å². The summed E-state index contributed by atoms with van der Waals surface area (Å²) < 4.78 is 100. The minimum atomic E-state index is -5.08. The Morgan fingerprint density at radius 2 is 1.57 bits per heavy atom. The molecule has 3 aromatic rings. The van der Waals surface area contributed by atoms with Crippen LogP contribution >= 0.6 is 0 Å². The van der Waals surface area contributed by atoms with Crippen molar-refractivity contribution < 1.29 is 59.3 Å². The first-order valence-electron chi connectivity index (χ1n) is 16.4. The van der Waals surface area contributed by atoms with Crippen molar-refractivity contribution >= 4 is 33.0 Å². The number of aliphatic carboxylic acids is 2. The third-order valence-corrected chi connectivity index (χ3v) is 9.95. The molecule has 23 heteroatoms. The molecule has 0 spiro atoms. The Kier molecular flexibility index (Phi) is 14.3. The van der Waals surface area contributed by atoms with E-state index < -0.39 is 34.3 Å². The summed E-state index contributed by atoms with van der Waals surface area (Å²) in [5, 5.41) is 22.1. The number of nitrogens with one attached hydrogen (secondary N) is 2. The summed E-state index contributed by atoms with van der Waals surface area (Å²) in [5.41, 5.74) is 1.61. The van der Waals surface area contributed by atoms with Gasteiger partial charge in [0.25, 0.3) is 5.56 Å². The lowest BCUT2D eigenvalue weighted by Gasteiger charge is -2.33. The molecular weight excluding hydrogens is 746 g/mol. The van der Waals surface area contributed by atoms with Crippen LogP contribution in [0.3, 0.4) is 0 Å². The van der Waals surface area contributed by atoms with Crippen molar-refractivity contribution in [3.05, 3.63) is 28.3 Å². The number of piperazine rings is 1. The molecule has 0 amide bonds. The lowest BCUT2D eigenvalue weighted by atomic mass is 10.1. The molecule has 5 heterocycles. The summed E-state index contributed by atoms with van der Waals surface area (Å²) >= 11 is 0. The van der Waals surface area contributed by atoms with Gasteiger partial charge in [0.2, 0.25) is 15.9 Å². The fourth-order valence-electron chi connectivity index (χ4n) is 5.17. The summed E-state index contributed by atoms with van der Waals surface area (Å²) in [4.78, 5) is 45.4. The molecule has 1 unspecified atom stereocenters. The number of pyridine rings is 1. The van der Waals surface area contributed by atoms with E-state index in [0.717, 1.165) is 38.2 Å². The number of aryl methyl sites for hydroxylation is 1. The molecule has 53 heavy (non-hydrogen) atoms. The van der Waals surface area contributed by atoms with Crippen LogP contribution in [0.15, 0.2) is 22.0 Å². The molecule has 0 aromatic carbocycles. The zero-order chi connectivity index (χ0) is 39.9. The van der Waals surface area contributed by atoms with Gasteiger partial charge >= 0.3 is 24.3 Å². The highest BCUT2D eigenvalue weighted by Crippen LogP contribution is 2.32. The minimum absolute atomic E-state index is 0.0487. The molecule has 2 aliphatic rings. The van der Waals surface area contributed by atoms with Crippen LogP contribution in [0.5, 0.6) is 5.88 Å². The molecule has 2 aliphatic heterocycles. The van der Waals surface area contributed by atoms with Crippen LogP contribution in [0.2, 0.25) is 0 Å². The minimum Gasteiger partial charge on any atom is -0.475 e. The molecule has 4 N–H and O–H groups in total. The number of hydrogen-bond acceptors (Lipinski definition) is 11. The standard InChI is InChI=1S/C26H38N8O4S.2C2HF3O2/c1-5-8-17(4)38-26-20(13-19(16-28-26)39(36,37)33-11-9-32(7-3)10-12-33)24-29-22-21(6-2)34(18-14-27-15-18)31-23(22)25(35)30-24;2*3-2(4,5)1(6)7/h13,16-18,27H,5-12,14-15H2,1-4H3,(H,29,30,35);2*(H,6,7). The van der Waals surface area contributed by atoms with Gasteiger partial charge in [0, 0.05) is 39.3 Å². The van der Waals surface area contributed by atoms with E-state index in [4.69, 9.17) is 29.5 Å². The lowest BCUT2D eigenvalue weighted by Crippen LogP contribution is -2.48. The Labute approximate surface area is 299 Å². The molecule has 16 nitrogen and oxygen atoms in total. The van der Waals surface area contributed by atoms with Gasteiger partial charge in [0.1, 0.15) is 16.2 Å². The number of carboxylic acid groups (broad SMARTS) is 2. The van der Waals surface area contributed by atoms with Gasteiger partial charge in [-0.1, -0.05) is 27.2 Å². The molecular formula is C30H40F6N8O8S. The number of hydrogen-bond donors (Lipinski definition) is 4. The third-order valence-electron chi connectivity index (χ3n) is 8.08. The second-order valence-electron chi connectivity index (χ2n) is 11.9. The molecule has 2 saturated heterocycles. The largest absolute Gasteiger partial charge is 0.490 e. The Morgan fingerprint density at radius 1 is 1.00 bits per heavy atom. The molecule has 0 radical (unpaired) electrons. The average molecular weight is 787 g/mol. The number of carbonyl (C=O) groups is 2. The van der Waals surface area contributed by atoms with Crippen LogP contribution in [-0.4, -0.2) is 129 Å². The first-order valence-corrected chi connectivity index (χ1v) is 17.8. The average Bonchev–Trinajstić information content (AvgIpc) is 3.42. The molecule has 0 saturated carbocycles. The van der Waals surface area contributed by atoms with E-state index in [1.54, 1.807) is 0 Å². The number of carboxylic acids is 2. The van der Waals surface area contributed by atoms with Gasteiger partial charge in [-0.3, -0.25) is 9.48 Å². The quantitative estimate of drug-likeness (QED) is 0.218. The molecule has 2 fully saturated rings. The van der Waals surface area contributed by atoms with E-state index in [9.17, 15) is 39.6 Å². The SMILES string of the molecule is CCCC(C)Oc1ncc(S(=O)(=O)N2CCN(CC)CC2)cc1-c1nc2c(CC)n(C3CNC3)nc2c(=O)[nH]1.O=C(O)C(F)(F)F.O=C(O)C(F)(F)F. The number of ether oxygens (including phenoxy) is 1. The van der Waals surface area contributed by atoms with Crippen molar-refractivity contribution in [2.45, 2.75) is 76.4 Å². The number of nitrogens with zero attached hydrogens (tertiary/aromatic N) is 6. The number of H-pyrrole nitrogens is 1. The normalized spacial score (nSPS) is 16.5. The first-order chi connectivity index (χ1) is 24.6. The van der Waals surface area contributed by atoms with E-state index in [1.165, 1.54) is 16.6 Å². The van der Waals surface area contributed by atoms with Gasteiger partial charge in [-0.2, -0.15) is 35.7 Å². The monoisotopic (exact) mass is 786 g/mol. The number of rotatable bonds is 10. The van der Waals surface area contributed by atoms with Crippen LogP contribution in [-0.2, 0) is 26.0 Å². The fourth-order valence-corrected chi connectivity index (χ4v) is 6.57. The first kappa shape index (κ1) is 43.1. The lowest BCUT2D eigenvalue weighted by molar-refractivity contribution is -0.193. The highest BCUT2D eigenvalue weighted by Gasteiger charge is 2.39. The van der Waals surface area contributed by atoms with Crippen LogP contribution in [0.25, 0.3) is 22.4 Å². The third kappa shape index (κ3) is 10.9. The number of sulfonamides is 1. The zero-order valence-corrected chi connectivity index (χ0v) is 29.9. The molecule has 1 atom stereocenters. The van der Waals surface area contributed by atoms with Gasteiger partial charge in [0.15, 0.2) is 5.52 Å². The molecule has 296 valence electrons. The maximum atomic E-state index is 13.6. The molecule has 3 aromatic heterocycles. The zero-order valence-electron chi connectivity index (χ0n) is 29.1. The highest BCUT2D eigenvalue weighted by molar-refractivity contribution is 7.89. The summed E-state index contributed by atoms with van der Waals surface area (Å²) in [6.07, 6.45) is -6.61. The molecule has 5 rings (SSSR count). The Morgan fingerprint density at radius 3 is 2.02 bits per heavy atom. The molecule has 0 bridgehead atoms. The van der Waals surface area contributed by atoms with Crippen LogP contribution in [0, 0.1) is 0 Å². The fraction of sp³-hybridized carbons (Fsp3) is 0.600. The van der Waals surface area contributed by atoms with E-state index in [1.807, 2.05) is 18.5 Å². The van der Waals surface area contributed by atoms with Crippen LogP contribution in [0.1, 0.15) is 52.3 Å². The summed E-state index contributed by atoms with van der Waals surface area (Å²) in [6.45, 7) is 12.7. The predicted molar refractivity (Wildman–Crippen MR) is 176 cm³/mol. The van der Waals surface area contributed by atoms with Crippen LogP contribution < -0.4 is 15.6 Å². The predicted octanol–water partition coefficient (Wildman–Crippen LogP) is 3.05. The maximum absolute atomic E-state index is 13.6. The van der Waals surface area contributed by atoms with Crippen molar-refractivity contribution in [3.63, 3.8) is 0 Å². The summed E-state index contributed by atoms with van der Waals surface area (Å²) in [5.74, 6) is -5.06. The number of alkyl halides is 6. The van der Waals surface area contributed by atoms with Gasteiger partial charge in [-0.25, -0.2) is 28.0 Å². The topological polar surface area (TPSA) is 213 Å². The van der Waals surface area contributed by atoms with Crippen molar-refractivity contribution in [2.24, 2.45) is 0 Å². The van der Waals surface area contributed by atoms with Crippen molar-refractivity contribution in [2.75, 3.05) is 45.8 Å². The van der Waals surface area contributed by atoms with Gasteiger partial charge in [-0.15, -0.1) is 0 Å². The number of likely N-dealkylation sites (N-methyl/N-ethyl adjacent to an activating group) is 1. The van der Waals surface area contributed by atoms with Crippen molar-refractivity contribution in [1.82, 2.24) is 39.3 Å². The van der Waals surface area contributed by atoms with E-state index in [-0.39, 0.29) is 39.8 Å². The van der Waals surface area contributed by atoms with Gasteiger partial charge in [-0.05, 0) is 32.4 Å². The second kappa shape index (κ2) is 17.6. The highest BCUT2D eigenvalue weighted by atomic mass is 32.2. The van der Waals surface area contributed by atoms with Gasteiger partial charge < -0.3 is 30.2 Å². The Hall–Kier alpha value is -4.35. The van der Waals surface area contributed by atoms with E-state index >= 15 is 0 Å². The number of aromatic amines is 1. The smallest absolute Gasteiger partial charge is 0.475 e. The summed E-state index contributed by atoms with van der Waals surface area (Å²) in [6, 6.07) is 1.70. The van der Waals surface area contributed by atoms with Crippen LogP contribution in [0.4, 0.5) is 26.3 Å². The summed E-state index contributed by atoms with van der Waals surface area (Å²) in [7, 11) is -3.80. The maximum Gasteiger partial charge on any atom is 0.490 e. The van der Waals surface area contributed by atoms with Crippen molar-refractivity contribution in [3.8, 4) is 17.3 Å². The van der Waals surface area contributed by atoms with E-state index in [2.05, 4.69) is 39.1 Å². The Balaban J connectivity index is 0.000000458. The Bertz CT molecular complexity index is 1880. The second-order valence-corrected chi connectivity index (χ2v) is 13.8. The number of fused-ring (bicyclic) bond motifs is 1. The number of halogens is 6. The van der Waals surface area contributed by atoms with Gasteiger partial charge in [0.05, 0.1) is 29.6 Å². The number of aromatic nitrogens is 5.